The number of halogens is 2. The Morgan fingerprint density at radius 2 is 2.16 bits per heavy atom. The van der Waals surface area contributed by atoms with Gasteiger partial charge in [-0.3, -0.25) is 4.79 Å². The van der Waals surface area contributed by atoms with Crippen LogP contribution in [0.2, 0.25) is 5.02 Å². The van der Waals surface area contributed by atoms with Crippen molar-refractivity contribution < 1.29 is 13.9 Å². The van der Waals surface area contributed by atoms with Crippen LogP contribution in [-0.2, 0) is 0 Å². The van der Waals surface area contributed by atoms with E-state index in [4.69, 9.17) is 22.1 Å². The van der Waals surface area contributed by atoms with Crippen LogP contribution in [0.15, 0.2) is 12.1 Å². The topological polar surface area (TPSA) is 52.3 Å². The molecule has 3 nitrogen and oxygen atoms in total. The largest absolute Gasteiger partial charge is 0.488 e. The molecule has 0 unspecified atom stereocenters. The molecule has 2 aliphatic rings. The third kappa shape index (κ3) is 2.29. The first-order valence-electron chi connectivity index (χ1n) is 6.50. The minimum absolute atomic E-state index is 0.120. The molecule has 0 spiro atoms. The molecule has 2 fully saturated rings. The Hall–Kier alpha value is -1.29. The molecule has 3 rings (SSSR count). The van der Waals surface area contributed by atoms with Crippen molar-refractivity contribution in [2.75, 3.05) is 0 Å². The van der Waals surface area contributed by atoms with Crippen molar-refractivity contribution in [1.82, 2.24) is 0 Å². The molecule has 3 atom stereocenters. The van der Waals surface area contributed by atoms with Gasteiger partial charge in [0.15, 0.2) is 0 Å². The number of amides is 1. The molecule has 0 saturated heterocycles. The number of carbonyl (C=O) groups excluding carboxylic acids is 1. The van der Waals surface area contributed by atoms with Crippen LogP contribution >= 0.6 is 11.6 Å². The zero-order valence-electron chi connectivity index (χ0n) is 10.4. The first-order chi connectivity index (χ1) is 9.04. The second kappa shape index (κ2) is 4.67. The molecule has 0 aromatic heterocycles. The smallest absolute Gasteiger partial charge is 0.251 e. The fourth-order valence-electron chi connectivity index (χ4n) is 3.30. The summed E-state index contributed by atoms with van der Waals surface area (Å²) in [5, 5.41) is 0.234. The maximum Gasteiger partial charge on any atom is 0.251 e. The highest BCUT2D eigenvalue weighted by Crippen LogP contribution is 2.46. The lowest BCUT2D eigenvalue weighted by Crippen LogP contribution is -2.24. The van der Waals surface area contributed by atoms with Gasteiger partial charge >= 0.3 is 0 Å². The lowest BCUT2D eigenvalue weighted by Gasteiger charge is -2.23. The number of primary amides is 1. The third-order valence-corrected chi connectivity index (χ3v) is 4.53. The van der Waals surface area contributed by atoms with Crippen LogP contribution in [0.1, 0.15) is 36.0 Å². The summed E-state index contributed by atoms with van der Waals surface area (Å²) in [5.74, 6) is 0.0890. The van der Waals surface area contributed by atoms with Gasteiger partial charge < -0.3 is 10.5 Å². The van der Waals surface area contributed by atoms with Crippen molar-refractivity contribution in [3.8, 4) is 5.75 Å². The summed E-state index contributed by atoms with van der Waals surface area (Å²) in [7, 11) is 0. The molecule has 2 N–H and O–H groups in total. The van der Waals surface area contributed by atoms with E-state index < -0.39 is 11.7 Å². The molecule has 1 aromatic rings. The minimum atomic E-state index is -0.828. The van der Waals surface area contributed by atoms with Crippen molar-refractivity contribution in [2.24, 2.45) is 17.6 Å². The second-order valence-corrected chi connectivity index (χ2v) is 5.87. The standard InChI is InChI=1S/C14H15ClFNO2/c15-10-5-9(14(17)18)11(16)6-13(10)19-12-4-7-1-2-8(12)3-7/h5-8,12H,1-4H2,(H2,17,18)/t7-,8+,12-/m1/s1. The lowest BCUT2D eigenvalue weighted by atomic mass is 9.98. The summed E-state index contributed by atoms with van der Waals surface area (Å²) in [5.41, 5.74) is 4.86. The average molecular weight is 284 g/mol. The molecular formula is C14H15ClFNO2. The molecular weight excluding hydrogens is 269 g/mol. The molecule has 102 valence electrons. The van der Waals surface area contributed by atoms with Crippen molar-refractivity contribution >= 4 is 17.5 Å². The van der Waals surface area contributed by atoms with Gasteiger partial charge in [0.05, 0.1) is 10.6 Å². The molecule has 0 radical (unpaired) electrons. The van der Waals surface area contributed by atoms with Crippen molar-refractivity contribution in [3.63, 3.8) is 0 Å². The summed E-state index contributed by atoms with van der Waals surface area (Å²) in [6, 6.07) is 2.40. The van der Waals surface area contributed by atoms with Gasteiger partial charge in [-0.25, -0.2) is 4.39 Å². The molecule has 2 saturated carbocycles. The summed E-state index contributed by atoms with van der Waals surface area (Å²) in [6.07, 6.45) is 4.78. The van der Waals surface area contributed by atoms with Gasteiger partial charge in [0.2, 0.25) is 0 Å². The van der Waals surface area contributed by atoms with Crippen LogP contribution in [0.5, 0.6) is 5.75 Å². The summed E-state index contributed by atoms with van der Waals surface area (Å²) in [4.78, 5) is 11.0. The first-order valence-corrected chi connectivity index (χ1v) is 6.88. The molecule has 0 heterocycles. The van der Waals surface area contributed by atoms with Crippen LogP contribution in [-0.4, -0.2) is 12.0 Å². The maximum atomic E-state index is 13.7. The van der Waals surface area contributed by atoms with Crippen molar-refractivity contribution in [1.29, 1.82) is 0 Å². The Morgan fingerprint density at radius 1 is 1.37 bits per heavy atom. The van der Waals surface area contributed by atoms with E-state index in [-0.39, 0.29) is 16.7 Å². The quantitative estimate of drug-likeness (QED) is 0.926. The summed E-state index contributed by atoms with van der Waals surface area (Å²) in [6.45, 7) is 0. The van der Waals surface area contributed by atoms with E-state index in [1.165, 1.54) is 25.3 Å². The number of hydrogen-bond acceptors (Lipinski definition) is 2. The third-order valence-electron chi connectivity index (χ3n) is 4.24. The predicted octanol–water partition coefficient (Wildman–Crippen LogP) is 3.15. The van der Waals surface area contributed by atoms with Crippen LogP contribution in [0, 0.1) is 17.7 Å². The SMILES string of the molecule is NC(=O)c1cc(Cl)c(O[C@@H]2C[C@@H]3CC[C@H]2C3)cc1F. The highest BCUT2D eigenvalue weighted by Gasteiger charge is 2.41. The number of nitrogens with two attached hydrogens (primary N) is 1. The first kappa shape index (κ1) is 12.7. The van der Waals surface area contributed by atoms with Gasteiger partial charge in [-0.2, -0.15) is 0 Å². The number of carbonyl (C=O) groups is 1. The Labute approximate surface area is 115 Å². The normalized spacial score (nSPS) is 28.6. The van der Waals surface area contributed by atoms with Crippen LogP contribution in [0.25, 0.3) is 0 Å². The predicted molar refractivity (Wildman–Crippen MR) is 69.8 cm³/mol. The number of hydrogen-bond donors (Lipinski definition) is 1. The van der Waals surface area contributed by atoms with E-state index in [1.807, 2.05) is 0 Å². The molecule has 2 aliphatic carbocycles. The Kier molecular flexibility index (Phi) is 3.13. The molecule has 1 aromatic carbocycles. The van der Waals surface area contributed by atoms with Gasteiger partial charge in [0.25, 0.3) is 5.91 Å². The molecule has 19 heavy (non-hydrogen) atoms. The summed E-state index contributed by atoms with van der Waals surface area (Å²) >= 11 is 6.03. The highest BCUT2D eigenvalue weighted by atomic mass is 35.5. The van der Waals surface area contributed by atoms with E-state index in [9.17, 15) is 9.18 Å². The number of fused-ring (bicyclic) bond motifs is 2. The molecule has 2 bridgehead atoms. The van der Waals surface area contributed by atoms with Gasteiger partial charge in [0, 0.05) is 6.07 Å². The zero-order valence-corrected chi connectivity index (χ0v) is 11.1. The highest BCUT2D eigenvalue weighted by molar-refractivity contribution is 6.32. The number of ether oxygens (including phenoxy) is 1. The van der Waals surface area contributed by atoms with Crippen molar-refractivity contribution in [3.05, 3.63) is 28.5 Å². The maximum absolute atomic E-state index is 13.7. The molecule has 0 aliphatic heterocycles. The van der Waals surface area contributed by atoms with E-state index in [0.717, 1.165) is 18.4 Å². The Bertz CT molecular complexity index is 534. The van der Waals surface area contributed by atoms with Gasteiger partial charge in [-0.05, 0) is 43.6 Å². The fraction of sp³-hybridized carbons (Fsp3) is 0.500. The lowest BCUT2D eigenvalue weighted by molar-refractivity contribution is 0.0996. The fourth-order valence-corrected chi connectivity index (χ4v) is 3.51. The van der Waals surface area contributed by atoms with Gasteiger partial charge in [-0.15, -0.1) is 0 Å². The van der Waals surface area contributed by atoms with Crippen molar-refractivity contribution in [2.45, 2.75) is 31.8 Å². The number of rotatable bonds is 3. The van der Waals surface area contributed by atoms with E-state index in [1.54, 1.807) is 0 Å². The zero-order chi connectivity index (χ0) is 13.6. The number of benzene rings is 1. The molecule has 1 amide bonds. The van der Waals surface area contributed by atoms with Crippen LogP contribution < -0.4 is 10.5 Å². The minimum Gasteiger partial charge on any atom is -0.488 e. The average Bonchev–Trinajstić information content (AvgIpc) is 2.95. The Morgan fingerprint density at radius 3 is 2.74 bits per heavy atom. The van der Waals surface area contributed by atoms with E-state index in [0.29, 0.717) is 11.7 Å². The second-order valence-electron chi connectivity index (χ2n) is 5.46. The Balaban J connectivity index is 1.81. The molecule has 5 heteroatoms. The van der Waals surface area contributed by atoms with Gasteiger partial charge in [-0.1, -0.05) is 11.6 Å². The van der Waals surface area contributed by atoms with E-state index >= 15 is 0 Å². The van der Waals surface area contributed by atoms with Crippen LogP contribution in [0.4, 0.5) is 4.39 Å². The van der Waals surface area contributed by atoms with Gasteiger partial charge in [0.1, 0.15) is 17.7 Å². The monoisotopic (exact) mass is 283 g/mol. The summed E-state index contributed by atoms with van der Waals surface area (Å²) < 4.78 is 19.5. The van der Waals surface area contributed by atoms with E-state index in [2.05, 4.69) is 0 Å². The van der Waals surface area contributed by atoms with Crippen LogP contribution in [0.3, 0.4) is 0 Å².